The number of halogens is 1. The van der Waals surface area contributed by atoms with Gasteiger partial charge in [-0.3, -0.25) is 9.50 Å². The SMILES string of the molecule is COC(=O)NC(N)=NCC(OS(C)(=O)=O)c1cccc(Br)c1. The Morgan fingerprint density at radius 2 is 2.18 bits per heavy atom. The van der Waals surface area contributed by atoms with Crippen LogP contribution < -0.4 is 11.1 Å². The van der Waals surface area contributed by atoms with Crippen LogP contribution in [0.2, 0.25) is 0 Å². The van der Waals surface area contributed by atoms with E-state index in [0.717, 1.165) is 10.7 Å². The molecule has 0 spiro atoms. The lowest BCUT2D eigenvalue weighted by molar-refractivity contribution is 0.176. The van der Waals surface area contributed by atoms with E-state index in [9.17, 15) is 13.2 Å². The topological polar surface area (TPSA) is 120 Å². The number of amides is 1. The lowest BCUT2D eigenvalue weighted by atomic mass is 10.1. The summed E-state index contributed by atoms with van der Waals surface area (Å²) in [7, 11) is -2.52. The average molecular weight is 394 g/mol. The fourth-order valence-corrected chi connectivity index (χ4v) is 2.50. The van der Waals surface area contributed by atoms with Gasteiger partial charge in [0.15, 0.2) is 5.96 Å². The summed E-state index contributed by atoms with van der Waals surface area (Å²) in [5.41, 5.74) is 6.09. The van der Waals surface area contributed by atoms with Crippen LogP contribution in [0.5, 0.6) is 0 Å². The number of nitrogens with zero attached hydrogens (tertiary/aromatic N) is 1. The second-order valence-corrected chi connectivity index (χ2v) is 6.70. The van der Waals surface area contributed by atoms with Crippen LogP contribution in [-0.2, 0) is 19.0 Å². The van der Waals surface area contributed by atoms with Crippen molar-refractivity contribution >= 4 is 38.1 Å². The molecule has 22 heavy (non-hydrogen) atoms. The molecule has 1 amide bonds. The second kappa shape index (κ2) is 8.11. The molecular formula is C12H16BrN3O5S. The van der Waals surface area contributed by atoms with E-state index in [1.165, 1.54) is 7.11 Å². The highest BCUT2D eigenvalue weighted by atomic mass is 79.9. The van der Waals surface area contributed by atoms with Gasteiger partial charge in [-0.2, -0.15) is 8.42 Å². The Balaban J connectivity index is 2.92. The fraction of sp³-hybridized carbons (Fsp3) is 0.333. The molecule has 1 aromatic carbocycles. The molecule has 0 aliphatic rings. The van der Waals surface area contributed by atoms with E-state index in [-0.39, 0.29) is 12.5 Å². The third-order valence-corrected chi connectivity index (χ3v) is 3.43. The fourth-order valence-electron chi connectivity index (χ4n) is 1.49. The van der Waals surface area contributed by atoms with E-state index in [0.29, 0.717) is 5.56 Å². The number of benzene rings is 1. The summed E-state index contributed by atoms with van der Waals surface area (Å²) in [4.78, 5) is 14.9. The predicted molar refractivity (Wildman–Crippen MR) is 84.8 cm³/mol. The Bertz CT molecular complexity index is 662. The van der Waals surface area contributed by atoms with Gasteiger partial charge in [0.1, 0.15) is 6.10 Å². The first-order valence-corrected chi connectivity index (χ1v) is 8.61. The summed E-state index contributed by atoms with van der Waals surface area (Å²) in [6.07, 6.45) is -0.702. The Morgan fingerprint density at radius 3 is 2.73 bits per heavy atom. The van der Waals surface area contributed by atoms with E-state index in [4.69, 9.17) is 9.92 Å². The maximum absolute atomic E-state index is 11.4. The molecular weight excluding hydrogens is 378 g/mol. The number of methoxy groups -OCH3 is 1. The monoisotopic (exact) mass is 393 g/mol. The van der Waals surface area contributed by atoms with Crippen molar-refractivity contribution in [1.29, 1.82) is 0 Å². The van der Waals surface area contributed by atoms with Gasteiger partial charge in [-0.25, -0.2) is 9.79 Å². The maximum atomic E-state index is 11.4. The number of hydrogen-bond acceptors (Lipinski definition) is 6. The Morgan fingerprint density at radius 1 is 1.50 bits per heavy atom. The zero-order valence-corrected chi connectivity index (χ0v) is 14.3. The summed E-state index contributed by atoms with van der Waals surface area (Å²) in [6.45, 7) is -0.0979. The summed E-state index contributed by atoms with van der Waals surface area (Å²) in [6, 6.07) is 6.92. The first-order chi connectivity index (χ1) is 10.2. The van der Waals surface area contributed by atoms with E-state index < -0.39 is 22.3 Å². The number of carbonyl (C=O) groups is 1. The van der Waals surface area contributed by atoms with Gasteiger partial charge in [0.05, 0.1) is 19.9 Å². The first-order valence-electron chi connectivity index (χ1n) is 6.00. The molecule has 0 saturated heterocycles. The summed E-state index contributed by atoms with van der Waals surface area (Å²) in [5, 5.41) is 2.16. The quantitative estimate of drug-likeness (QED) is 0.439. The number of nitrogens with two attached hydrogens (primary N) is 1. The van der Waals surface area contributed by atoms with E-state index >= 15 is 0 Å². The van der Waals surface area contributed by atoms with Crippen LogP contribution in [0.25, 0.3) is 0 Å². The molecule has 0 heterocycles. The van der Waals surface area contributed by atoms with Crippen molar-refractivity contribution in [1.82, 2.24) is 5.32 Å². The smallest absolute Gasteiger partial charge is 0.413 e. The minimum absolute atomic E-state index is 0.0979. The van der Waals surface area contributed by atoms with Crippen molar-refractivity contribution < 1.29 is 22.1 Å². The standard InChI is InChI=1S/C12H16BrN3O5S/c1-20-12(17)16-11(14)15-7-10(21-22(2,18)19)8-4-3-5-9(13)6-8/h3-6,10H,7H2,1-2H3,(H3,14,15,16,17). The third-order valence-electron chi connectivity index (χ3n) is 2.35. The van der Waals surface area contributed by atoms with Gasteiger partial charge in [0.2, 0.25) is 0 Å². The molecule has 3 N–H and O–H groups in total. The van der Waals surface area contributed by atoms with Crippen LogP contribution in [0.1, 0.15) is 11.7 Å². The predicted octanol–water partition coefficient (Wildman–Crippen LogP) is 1.14. The van der Waals surface area contributed by atoms with Crippen molar-refractivity contribution in [3.63, 3.8) is 0 Å². The largest absolute Gasteiger partial charge is 0.453 e. The number of carbonyl (C=O) groups excluding carboxylic acids is 1. The van der Waals surface area contributed by atoms with Crippen LogP contribution in [0.15, 0.2) is 33.7 Å². The van der Waals surface area contributed by atoms with Crippen molar-refractivity contribution in [2.45, 2.75) is 6.10 Å². The van der Waals surface area contributed by atoms with Gasteiger partial charge >= 0.3 is 6.09 Å². The van der Waals surface area contributed by atoms with Crippen LogP contribution in [0.4, 0.5) is 4.79 Å². The molecule has 1 unspecified atom stereocenters. The molecule has 0 aromatic heterocycles. The molecule has 0 fully saturated rings. The van der Waals surface area contributed by atoms with Crippen molar-refractivity contribution in [3.05, 3.63) is 34.3 Å². The zero-order valence-electron chi connectivity index (χ0n) is 11.9. The molecule has 0 aliphatic carbocycles. The zero-order chi connectivity index (χ0) is 16.8. The normalized spacial score (nSPS) is 13.5. The highest BCUT2D eigenvalue weighted by Crippen LogP contribution is 2.23. The van der Waals surface area contributed by atoms with Gasteiger partial charge in [-0.05, 0) is 17.7 Å². The summed E-state index contributed by atoms with van der Waals surface area (Å²) >= 11 is 3.29. The number of hydrogen-bond donors (Lipinski definition) is 2. The maximum Gasteiger partial charge on any atom is 0.413 e. The number of nitrogens with one attached hydrogen (secondary N) is 1. The second-order valence-electron chi connectivity index (χ2n) is 4.19. The van der Waals surface area contributed by atoms with Gasteiger partial charge < -0.3 is 10.5 Å². The number of alkyl carbamates (subject to hydrolysis) is 1. The minimum Gasteiger partial charge on any atom is -0.453 e. The first kappa shape index (κ1) is 18.4. The highest BCUT2D eigenvalue weighted by molar-refractivity contribution is 9.10. The summed E-state index contributed by atoms with van der Waals surface area (Å²) in [5.74, 6) is -0.205. The van der Waals surface area contributed by atoms with Gasteiger partial charge in [-0.1, -0.05) is 28.1 Å². The molecule has 1 aromatic rings. The molecule has 122 valence electrons. The van der Waals surface area contributed by atoms with Gasteiger partial charge in [0, 0.05) is 4.47 Å². The molecule has 0 saturated carbocycles. The van der Waals surface area contributed by atoms with Gasteiger partial charge in [-0.15, -0.1) is 0 Å². The van der Waals surface area contributed by atoms with Crippen molar-refractivity contribution in [2.75, 3.05) is 19.9 Å². The van der Waals surface area contributed by atoms with Crippen LogP contribution >= 0.6 is 15.9 Å². The van der Waals surface area contributed by atoms with E-state index in [1.807, 2.05) is 0 Å². The molecule has 10 heteroatoms. The number of guanidine groups is 1. The summed E-state index contributed by atoms with van der Waals surface area (Å²) < 4.78 is 32.9. The molecule has 1 atom stereocenters. The van der Waals surface area contributed by atoms with Crippen LogP contribution in [-0.4, -0.2) is 40.4 Å². The molecule has 0 aliphatic heterocycles. The highest BCUT2D eigenvalue weighted by Gasteiger charge is 2.18. The lowest BCUT2D eigenvalue weighted by Crippen LogP contribution is -2.37. The molecule has 8 nitrogen and oxygen atoms in total. The number of rotatable bonds is 5. The van der Waals surface area contributed by atoms with Crippen LogP contribution in [0.3, 0.4) is 0 Å². The van der Waals surface area contributed by atoms with Crippen LogP contribution in [0, 0.1) is 0 Å². The van der Waals surface area contributed by atoms with E-state index in [1.54, 1.807) is 24.3 Å². The molecule has 0 bridgehead atoms. The number of aliphatic imine (C=N–C) groups is 1. The van der Waals surface area contributed by atoms with Crippen molar-refractivity contribution in [3.8, 4) is 0 Å². The Labute approximate surface area is 136 Å². The third kappa shape index (κ3) is 6.87. The Hall–Kier alpha value is -1.65. The Kier molecular flexibility index (Phi) is 6.78. The number of ether oxygens (including phenoxy) is 1. The van der Waals surface area contributed by atoms with Gasteiger partial charge in [0.25, 0.3) is 10.1 Å². The molecule has 0 radical (unpaired) electrons. The lowest BCUT2D eigenvalue weighted by Gasteiger charge is -2.15. The van der Waals surface area contributed by atoms with Crippen molar-refractivity contribution in [2.24, 2.45) is 10.7 Å². The van der Waals surface area contributed by atoms with E-state index in [2.05, 4.69) is 31.0 Å². The average Bonchev–Trinajstić information content (AvgIpc) is 2.42. The minimum atomic E-state index is -3.70. The molecule has 1 rings (SSSR count).